The zero-order valence-electron chi connectivity index (χ0n) is 14.7. The van der Waals surface area contributed by atoms with Crippen molar-refractivity contribution in [3.8, 4) is 5.75 Å². The number of hydrogen-bond donors (Lipinski definition) is 0. The van der Waals surface area contributed by atoms with Crippen molar-refractivity contribution in [3.05, 3.63) is 59.9 Å². The van der Waals surface area contributed by atoms with E-state index in [1.807, 2.05) is 53.4 Å². The molecule has 0 fully saturated rings. The van der Waals surface area contributed by atoms with Gasteiger partial charge in [0, 0.05) is 11.6 Å². The fraction of sp³-hybridized carbons (Fsp3) is 0.278. The standard InChI is InChI=1S/C16H18NO3.C2HF3O2/c1-19-15-8-4-3-7-14(15)12-17-9-5-6-13(11-17)10-16(18)20-2;3-2(4,5)1(6)7/h3-9,11H,10,12H2,1-2H3;(H,6,7)/q+1;/p-1. The summed E-state index contributed by atoms with van der Waals surface area (Å²) in [6.07, 6.45) is -1.00. The monoisotopic (exact) mass is 385 g/mol. The first kappa shape index (κ1) is 21.9. The fourth-order valence-corrected chi connectivity index (χ4v) is 2.05. The predicted molar refractivity (Wildman–Crippen MR) is 85.5 cm³/mol. The SMILES string of the molecule is COC(=O)Cc1ccc[n+](Cc2ccccc2OC)c1.O=C([O-])C(F)(F)F. The molecule has 9 heteroatoms. The number of benzene rings is 1. The number of alkyl halides is 3. The average Bonchev–Trinajstić information content (AvgIpc) is 2.62. The summed E-state index contributed by atoms with van der Waals surface area (Å²) in [6.45, 7) is 0.693. The van der Waals surface area contributed by atoms with Crippen LogP contribution in [-0.2, 0) is 27.3 Å². The van der Waals surface area contributed by atoms with Gasteiger partial charge in [-0.3, -0.25) is 4.79 Å². The van der Waals surface area contributed by atoms with E-state index in [9.17, 15) is 18.0 Å². The van der Waals surface area contributed by atoms with Crippen LogP contribution < -0.4 is 14.4 Å². The zero-order valence-corrected chi connectivity index (χ0v) is 14.7. The molecule has 0 aliphatic carbocycles. The van der Waals surface area contributed by atoms with Crippen LogP contribution in [0.25, 0.3) is 0 Å². The van der Waals surface area contributed by atoms with Crippen molar-refractivity contribution in [1.82, 2.24) is 0 Å². The number of nitrogens with zero attached hydrogens (tertiary/aromatic N) is 1. The summed E-state index contributed by atoms with van der Waals surface area (Å²) < 4.78 is 43.6. The van der Waals surface area contributed by atoms with E-state index in [0.29, 0.717) is 6.54 Å². The number of carbonyl (C=O) groups is 2. The molecule has 0 aliphatic heterocycles. The van der Waals surface area contributed by atoms with Crippen molar-refractivity contribution in [3.63, 3.8) is 0 Å². The lowest BCUT2D eigenvalue weighted by atomic mass is 10.2. The van der Waals surface area contributed by atoms with Gasteiger partial charge in [0.25, 0.3) is 0 Å². The van der Waals surface area contributed by atoms with Gasteiger partial charge in [-0.2, -0.15) is 13.2 Å². The molecule has 0 atom stereocenters. The van der Waals surface area contributed by atoms with Crippen molar-refractivity contribution in [1.29, 1.82) is 0 Å². The maximum Gasteiger partial charge on any atom is 0.430 e. The Morgan fingerprint density at radius 3 is 2.30 bits per heavy atom. The number of halogens is 3. The van der Waals surface area contributed by atoms with Gasteiger partial charge in [0.05, 0.1) is 26.2 Å². The maximum absolute atomic E-state index is 11.3. The Labute approximate surface area is 153 Å². The molecule has 2 rings (SSSR count). The van der Waals surface area contributed by atoms with E-state index < -0.39 is 12.1 Å². The lowest BCUT2D eigenvalue weighted by molar-refractivity contribution is -0.688. The normalized spacial score (nSPS) is 10.4. The van der Waals surface area contributed by atoms with E-state index in [2.05, 4.69) is 4.74 Å². The molecule has 146 valence electrons. The highest BCUT2D eigenvalue weighted by atomic mass is 19.4. The van der Waals surface area contributed by atoms with Crippen LogP contribution in [0.15, 0.2) is 48.8 Å². The predicted octanol–water partition coefficient (Wildman–Crippen LogP) is 1.05. The molecular weight excluding hydrogens is 367 g/mol. The molecule has 0 N–H and O–H groups in total. The number of pyridine rings is 1. The van der Waals surface area contributed by atoms with Crippen molar-refractivity contribution in [2.75, 3.05) is 14.2 Å². The highest BCUT2D eigenvalue weighted by molar-refractivity contribution is 5.72. The molecule has 2 aromatic rings. The average molecular weight is 385 g/mol. The first-order valence-corrected chi connectivity index (χ1v) is 7.62. The molecule has 0 bridgehead atoms. The number of esters is 1. The smallest absolute Gasteiger partial charge is 0.430 e. The van der Waals surface area contributed by atoms with Crippen LogP contribution in [0.3, 0.4) is 0 Å². The minimum atomic E-state index is -5.19. The number of carbonyl (C=O) groups excluding carboxylic acids is 2. The zero-order chi connectivity index (χ0) is 20.4. The summed E-state index contributed by atoms with van der Waals surface area (Å²) >= 11 is 0. The molecule has 0 spiro atoms. The maximum atomic E-state index is 11.3. The van der Waals surface area contributed by atoms with Gasteiger partial charge < -0.3 is 19.4 Å². The van der Waals surface area contributed by atoms with Crippen LogP contribution in [0, 0.1) is 0 Å². The Balaban J connectivity index is 0.000000445. The minimum absolute atomic E-state index is 0.236. The molecule has 0 saturated heterocycles. The first-order chi connectivity index (χ1) is 12.7. The van der Waals surface area contributed by atoms with E-state index in [-0.39, 0.29) is 12.4 Å². The molecule has 0 unspecified atom stereocenters. The third-order valence-electron chi connectivity index (χ3n) is 3.27. The van der Waals surface area contributed by atoms with Crippen LogP contribution in [0.4, 0.5) is 13.2 Å². The molecular formula is C18H18F3NO5. The lowest BCUT2D eigenvalue weighted by Gasteiger charge is -2.05. The van der Waals surface area contributed by atoms with Crippen LogP contribution in [0.1, 0.15) is 11.1 Å². The molecule has 1 heterocycles. The van der Waals surface area contributed by atoms with Crippen molar-refractivity contribution in [2.45, 2.75) is 19.1 Å². The van der Waals surface area contributed by atoms with Gasteiger partial charge in [0.1, 0.15) is 11.7 Å². The number of hydrogen-bond acceptors (Lipinski definition) is 5. The van der Waals surface area contributed by atoms with Gasteiger partial charge in [-0.1, -0.05) is 12.1 Å². The quantitative estimate of drug-likeness (QED) is 0.568. The van der Waals surface area contributed by atoms with Gasteiger partial charge in [-0.25, -0.2) is 4.57 Å². The second-order valence-corrected chi connectivity index (χ2v) is 5.23. The van der Waals surface area contributed by atoms with E-state index in [1.54, 1.807) is 7.11 Å². The summed E-state index contributed by atoms with van der Waals surface area (Å²) in [5, 5.41) is 8.78. The molecule has 0 radical (unpaired) electrons. The third-order valence-corrected chi connectivity index (χ3v) is 3.27. The summed E-state index contributed by atoms with van der Waals surface area (Å²) in [7, 11) is 3.06. The van der Waals surface area contributed by atoms with Crippen LogP contribution >= 0.6 is 0 Å². The summed E-state index contributed by atoms with van der Waals surface area (Å²) in [4.78, 5) is 20.1. The number of carboxylic acids is 1. The Kier molecular flexibility index (Phi) is 8.25. The number of carboxylic acid groups (broad SMARTS) is 1. The van der Waals surface area contributed by atoms with Gasteiger partial charge in [-0.05, 0) is 18.2 Å². The largest absolute Gasteiger partial charge is 0.542 e. The van der Waals surface area contributed by atoms with Crippen molar-refractivity contribution < 1.29 is 41.9 Å². The van der Waals surface area contributed by atoms with Gasteiger partial charge >= 0.3 is 12.1 Å². The summed E-state index contributed by atoms with van der Waals surface area (Å²) in [5.74, 6) is -2.38. The molecule has 0 amide bonds. The molecule has 1 aromatic heterocycles. The van der Waals surface area contributed by atoms with E-state index >= 15 is 0 Å². The Hall–Kier alpha value is -3.10. The van der Waals surface area contributed by atoms with Crippen molar-refractivity contribution >= 4 is 11.9 Å². The van der Waals surface area contributed by atoms with Gasteiger partial charge in [-0.15, -0.1) is 0 Å². The number of methoxy groups -OCH3 is 2. The topological polar surface area (TPSA) is 79.5 Å². The van der Waals surface area contributed by atoms with Crippen molar-refractivity contribution in [2.24, 2.45) is 0 Å². The first-order valence-electron chi connectivity index (χ1n) is 7.62. The summed E-state index contributed by atoms with van der Waals surface area (Å²) in [5.41, 5.74) is 2.02. The van der Waals surface area contributed by atoms with Gasteiger partial charge in [0.2, 0.25) is 0 Å². The second-order valence-electron chi connectivity index (χ2n) is 5.23. The van der Waals surface area contributed by atoms with Crippen LogP contribution in [-0.4, -0.2) is 32.3 Å². The van der Waals surface area contributed by atoms with Crippen LogP contribution in [0.2, 0.25) is 0 Å². The Morgan fingerprint density at radius 2 is 1.74 bits per heavy atom. The number of para-hydroxylation sites is 1. The lowest BCUT2D eigenvalue weighted by Crippen LogP contribution is -2.37. The fourth-order valence-electron chi connectivity index (χ4n) is 2.05. The third kappa shape index (κ3) is 7.76. The summed E-state index contributed by atoms with van der Waals surface area (Å²) in [6, 6.07) is 11.7. The molecule has 0 aliphatic rings. The Morgan fingerprint density at radius 1 is 1.11 bits per heavy atom. The van der Waals surface area contributed by atoms with E-state index in [0.717, 1.165) is 16.9 Å². The highest BCUT2D eigenvalue weighted by Crippen LogP contribution is 2.16. The number of rotatable bonds is 5. The molecule has 1 aromatic carbocycles. The van der Waals surface area contributed by atoms with Crippen LogP contribution in [0.5, 0.6) is 5.75 Å². The molecule has 6 nitrogen and oxygen atoms in total. The Bertz CT molecular complexity index is 778. The number of aliphatic carboxylic acids is 1. The number of aromatic nitrogens is 1. The molecule has 0 saturated carbocycles. The van der Waals surface area contributed by atoms with E-state index in [4.69, 9.17) is 14.6 Å². The second kappa shape index (κ2) is 10.1. The van der Waals surface area contributed by atoms with Gasteiger partial charge in [0.15, 0.2) is 18.9 Å². The molecule has 27 heavy (non-hydrogen) atoms. The minimum Gasteiger partial charge on any atom is -0.542 e. The van der Waals surface area contributed by atoms with E-state index in [1.165, 1.54) is 7.11 Å². The highest BCUT2D eigenvalue weighted by Gasteiger charge is 2.28. The number of ether oxygens (including phenoxy) is 2.